The Balaban J connectivity index is 1.64. The molecule has 0 saturated heterocycles. The highest BCUT2D eigenvalue weighted by Gasteiger charge is 2.31. The summed E-state index contributed by atoms with van der Waals surface area (Å²) in [7, 11) is 1.17. The molecule has 0 spiro atoms. The number of carboxylic acid groups (broad SMARTS) is 1. The molecular formula is C29H20ClF6N5O4. The number of ether oxygens (including phenoxy) is 1. The number of carboxylic acids is 1. The molecule has 45 heavy (non-hydrogen) atoms. The number of pyridine rings is 1. The molecule has 1 atom stereocenters. The van der Waals surface area contributed by atoms with Crippen molar-refractivity contribution in [2.75, 3.05) is 7.11 Å². The average molecular weight is 652 g/mol. The molecule has 0 aliphatic carbocycles. The van der Waals surface area contributed by atoms with E-state index in [-0.39, 0.29) is 39.4 Å². The number of rotatable bonds is 10. The standard InChI is InChI=1S/C29H20ClF6N5O4/c1-45-24-10-23(41(44)13-19(24)25-18(27(33)34)4-5-20(30)26(25)32)22(9-16-6-7-39(38-16)29(35)36)40-12-15(11-37-40)14-2-3-17(28(42)43)21(31)8-14/h2-8,10-13,22,27,29H,9H2,1H3,(H,42,43). The molecular weight excluding hydrogens is 632 g/mol. The maximum Gasteiger partial charge on any atom is 0.338 e. The Bertz CT molecular complexity index is 1900. The van der Waals surface area contributed by atoms with Crippen LogP contribution in [0.3, 0.4) is 0 Å². The number of aromatic nitrogens is 5. The van der Waals surface area contributed by atoms with Crippen LogP contribution in [0.4, 0.5) is 26.3 Å². The summed E-state index contributed by atoms with van der Waals surface area (Å²) in [5.74, 6) is -3.86. The second-order valence-electron chi connectivity index (χ2n) is 9.63. The summed E-state index contributed by atoms with van der Waals surface area (Å²) < 4.78 is 91.0. The van der Waals surface area contributed by atoms with Crippen LogP contribution in [0.25, 0.3) is 22.3 Å². The van der Waals surface area contributed by atoms with Gasteiger partial charge in [-0.15, -0.1) is 0 Å². The number of hydrogen-bond donors (Lipinski definition) is 1. The summed E-state index contributed by atoms with van der Waals surface area (Å²) in [5.41, 5.74) is -1.75. The van der Waals surface area contributed by atoms with E-state index >= 15 is 4.39 Å². The van der Waals surface area contributed by atoms with Gasteiger partial charge in [-0.25, -0.2) is 27.0 Å². The van der Waals surface area contributed by atoms with Crippen LogP contribution in [-0.4, -0.2) is 37.7 Å². The van der Waals surface area contributed by atoms with Crippen molar-refractivity contribution in [2.24, 2.45) is 0 Å². The minimum Gasteiger partial charge on any atom is -0.618 e. The minimum atomic E-state index is -3.13. The van der Waals surface area contributed by atoms with Gasteiger partial charge in [0.05, 0.1) is 41.2 Å². The minimum absolute atomic E-state index is 0.109. The summed E-state index contributed by atoms with van der Waals surface area (Å²) in [4.78, 5) is 11.2. The van der Waals surface area contributed by atoms with Gasteiger partial charge in [0, 0.05) is 35.5 Å². The lowest BCUT2D eigenvalue weighted by Gasteiger charge is -2.20. The van der Waals surface area contributed by atoms with Crippen LogP contribution in [-0.2, 0) is 6.42 Å². The second-order valence-corrected chi connectivity index (χ2v) is 10.0. The molecule has 1 N–H and O–H groups in total. The molecule has 5 rings (SSSR count). The summed E-state index contributed by atoms with van der Waals surface area (Å²) in [5, 5.41) is 30.3. The number of benzene rings is 2. The zero-order valence-electron chi connectivity index (χ0n) is 22.8. The molecule has 0 bridgehead atoms. The van der Waals surface area contributed by atoms with Gasteiger partial charge in [0.15, 0.2) is 6.20 Å². The van der Waals surface area contributed by atoms with E-state index in [2.05, 4.69) is 10.2 Å². The normalized spacial score (nSPS) is 12.2. The van der Waals surface area contributed by atoms with E-state index in [9.17, 15) is 32.0 Å². The van der Waals surface area contributed by atoms with Crippen molar-refractivity contribution in [3.05, 3.63) is 112 Å². The van der Waals surface area contributed by atoms with Gasteiger partial charge in [-0.2, -0.15) is 23.7 Å². The number of carbonyl (C=O) groups is 1. The number of hydrogen-bond acceptors (Lipinski definition) is 5. The molecule has 0 saturated carbocycles. The molecule has 2 aromatic carbocycles. The van der Waals surface area contributed by atoms with Crippen LogP contribution in [0.2, 0.25) is 5.02 Å². The van der Waals surface area contributed by atoms with E-state index in [4.69, 9.17) is 21.4 Å². The summed E-state index contributed by atoms with van der Waals surface area (Å²) >= 11 is 5.87. The molecule has 16 heteroatoms. The molecule has 0 aliphatic rings. The van der Waals surface area contributed by atoms with Gasteiger partial charge in [-0.1, -0.05) is 23.7 Å². The van der Waals surface area contributed by atoms with E-state index in [1.807, 2.05) is 0 Å². The van der Waals surface area contributed by atoms with Crippen molar-refractivity contribution in [3.63, 3.8) is 0 Å². The molecule has 5 aromatic rings. The third-order valence-electron chi connectivity index (χ3n) is 6.96. The second kappa shape index (κ2) is 12.5. The van der Waals surface area contributed by atoms with Crippen LogP contribution in [0.1, 0.15) is 46.3 Å². The fourth-order valence-corrected chi connectivity index (χ4v) is 4.96. The van der Waals surface area contributed by atoms with E-state index in [1.165, 1.54) is 36.3 Å². The first kappa shape index (κ1) is 31.4. The number of aromatic carboxylic acids is 1. The summed E-state index contributed by atoms with van der Waals surface area (Å²) in [6, 6.07) is 6.62. The van der Waals surface area contributed by atoms with Crippen molar-refractivity contribution in [3.8, 4) is 28.0 Å². The Morgan fingerprint density at radius 3 is 2.47 bits per heavy atom. The van der Waals surface area contributed by atoms with Crippen molar-refractivity contribution in [1.82, 2.24) is 19.6 Å². The molecule has 234 valence electrons. The maximum atomic E-state index is 15.1. The molecule has 0 fully saturated rings. The summed E-state index contributed by atoms with van der Waals surface area (Å²) in [6.45, 7) is -2.95. The van der Waals surface area contributed by atoms with Gasteiger partial charge in [0.25, 0.3) is 6.43 Å². The Labute approximate surface area is 255 Å². The quantitative estimate of drug-likeness (QED) is 0.101. The van der Waals surface area contributed by atoms with E-state index in [0.29, 0.717) is 10.2 Å². The van der Waals surface area contributed by atoms with E-state index < -0.39 is 58.3 Å². The molecule has 3 heterocycles. The van der Waals surface area contributed by atoms with Crippen LogP contribution < -0.4 is 9.47 Å². The predicted octanol–water partition coefficient (Wildman–Crippen LogP) is 6.85. The fraction of sp³-hybridized carbons (Fsp3) is 0.172. The van der Waals surface area contributed by atoms with Crippen molar-refractivity contribution >= 4 is 17.6 Å². The van der Waals surface area contributed by atoms with Gasteiger partial charge >= 0.3 is 12.5 Å². The van der Waals surface area contributed by atoms with Crippen LogP contribution in [0.5, 0.6) is 5.75 Å². The van der Waals surface area contributed by atoms with Gasteiger partial charge in [-0.3, -0.25) is 4.68 Å². The van der Waals surface area contributed by atoms with Gasteiger partial charge in [-0.05, 0) is 29.8 Å². The molecule has 9 nitrogen and oxygen atoms in total. The highest BCUT2D eigenvalue weighted by atomic mass is 35.5. The Morgan fingerprint density at radius 1 is 1.09 bits per heavy atom. The SMILES string of the molecule is COc1cc(C(Cc2ccn(C(F)F)n2)n2cc(-c3ccc(C(=O)O)c(F)c3)cn2)[n+]([O-])cc1-c1c(C(F)F)ccc(Cl)c1F. The first-order valence-electron chi connectivity index (χ1n) is 12.9. The van der Waals surface area contributed by atoms with Crippen LogP contribution in [0.15, 0.2) is 67.3 Å². The molecule has 0 radical (unpaired) electrons. The number of alkyl halides is 4. The van der Waals surface area contributed by atoms with Gasteiger partial charge in [0.2, 0.25) is 5.69 Å². The third kappa shape index (κ3) is 6.16. The monoisotopic (exact) mass is 651 g/mol. The van der Waals surface area contributed by atoms with E-state index in [0.717, 1.165) is 42.7 Å². The lowest BCUT2D eigenvalue weighted by molar-refractivity contribution is -0.615. The average Bonchev–Trinajstić information content (AvgIpc) is 3.67. The molecule has 0 amide bonds. The number of methoxy groups -OCH3 is 1. The number of halogens is 7. The first-order chi connectivity index (χ1) is 21.4. The molecule has 3 aromatic heterocycles. The lowest BCUT2D eigenvalue weighted by Crippen LogP contribution is -2.36. The van der Waals surface area contributed by atoms with Crippen molar-refractivity contribution in [2.45, 2.75) is 25.4 Å². The highest BCUT2D eigenvalue weighted by molar-refractivity contribution is 6.31. The number of nitrogens with zero attached hydrogens (tertiary/aromatic N) is 5. The van der Waals surface area contributed by atoms with Crippen molar-refractivity contribution in [1.29, 1.82) is 0 Å². The Morgan fingerprint density at radius 2 is 1.84 bits per heavy atom. The topological polar surface area (TPSA) is 109 Å². The lowest BCUT2D eigenvalue weighted by atomic mass is 9.98. The highest BCUT2D eigenvalue weighted by Crippen LogP contribution is 2.41. The third-order valence-corrected chi connectivity index (χ3v) is 7.25. The predicted molar refractivity (Wildman–Crippen MR) is 147 cm³/mol. The fourth-order valence-electron chi connectivity index (χ4n) is 4.80. The van der Waals surface area contributed by atoms with Gasteiger partial charge in [0.1, 0.15) is 23.4 Å². The van der Waals surface area contributed by atoms with E-state index in [1.54, 1.807) is 0 Å². The Hall–Kier alpha value is -5.05. The zero-order valence-corrected chi connectivity index (χ0v) is 23.6. The smallest absolute Gasteiger partial charge is 0.338 e. The molecule has 1 unspecified atom stereocenters. The Kier molecular flexibility index (Phi) is 8.73. The molecule has 0 aliphatic heterocycles. The summed E-state index contributed by atoms with van der Waals surface area (Å²) in [6.07, 6.45) is 1.22. The largest absolute Gasteiger partial charge is 0.618 e. The van der Waals surface area contributed by atoms with Gasteiger partial charge < -0.3 is 15.1 Å². The maximum absolute atomic E-state index is 15.1. The van der Waals surface area contributed by atoms with Crippen LogP contribution >= 0.6 is 11.6 Å². The zero-order chi connectivity index (χ0) is 32.6. The van der Waals surface area contributed by atoms with Crippen LogP contribution in [0, 0.1) is 16.8 Å². The first-order valence-corrected chi connectivity index (χ1v) is 13.2. The van der Waals surface area contributed by atoms with Crippen molar-refractivity contribution < 1.29 is 45.7 Å².